The number of nitrogens with one attached hydrogen (secondary N) is 2. The molecule has 0 aliphatic heterocycles. The van der Waals surface area contributed by atoms with E-state index in [1.807, 2.05) is 4.83 Å². The number of benzene rings is 1. The first-order valence-corrected chi connectivity index (χ1v) is 9.55. The van der Waals surface area contributed by atoms with E-state index in [0.29, 0.717) is 5.75 Å². The highest BCUT2D eigenvalue weighted by molar-refractivity contribution is 7.99. The van der Waals surface area contributed by atoms with Crippen LogP contribution in [0, 0.1) is 5.82 Å². The molecule has 1 heterocycles. The Morgan fingerprint density at radius 3 is 2.59 bits per heavy atom. The number of halogens is 1. The molecule has 0 fully saturated rings. The Morgan fingerprint density at radius 2 is 1.95 bits per heavy atom. The Bertz CT molecular complexity index is 715. The Balaban J connectivity index is 1.73. The van der Waals surface area contributed by atoms with Crippen molar-refractivity contribution < 1.29 is 17.6 Å². The van der Waals surface area contributed by atoms with E-state index in [9.17, 15) is 17.6 Å². The van der Waals surface area contributed by atoms with E-state index >= 15 is 0 Å². The fourth-order valence-electron chi connectivity index (χ4n) is 1.45. The molecule has 0 radical (unpaired) electrons. The second-order valence-electron chi connectivity index (χ2n) is 4.14. The summed E-state index contributed by atoms with van der Waals surface area (Å²) in [6, 6.07) is 8.99. The normalized spacial score (nSPS) is 11.3. The van der Waals surface area contributed by atoms with E-state index < -0.39 is 15.9 Å². The number of thioether (sulfide) groups is 1. The fourth-order valence-corrected chi connectivity index (χ4v) is 4.15. The van der Waals surface area contributed by atoms with Gasteiger partial charge in [0.05, 0.1) is 0 Å². The average Bonchev–Trinajstić information content (AvgIpc) is 3.02. The van der Waals surface area contributed by atoms with E-state index in [1.54, 1.807) is 23.6 Å². The molecule has 1 aromatic carbocycles. The largest absolute Gasteiger partial charge is 0.278 e. The number of hydrogen-bond acceptors (Lipinski definition) is 5. The second kappa shape index (κ2) is 7.73. The van der Waals surface area contributed by atoms with E-state index in [0.717, 1.165) is 16.2 Å². The third kappa shape index (κ3) is 5.09. The molecule has 2 rings (SSSR count). The van der Waals surface area contributed by atoms with Crippen LogP contribution in [-0.2, 0) is 14.8 Å². The lowest BCUT2D eigenvalue weighted by atomic mass is 10.4. The number of rotatable bonds is 7. The summed E-state index contributed by atoms with van der Waals surface area (Å²) in [4.78, 5) is 14.5. The predicted molar refractivity (Wildman–Crippen MR) is 84.5 cm³/mol. The van der Waals surface area contributed by atoms with Gasteiger partial charge in [-0.15, -0.1) is 27.9 Å². The summed E-state index contributed by atoms with van der Waals surface area (Å²) in [6.07, 6.45) is 0.134. The van der Waals surface area contributed by atoms with Crippen LogP contribution in [0.4, 0.5) is 4.39 Å². The molecule has 0 aliphatic rings. The lowest BCUT2D eigenvalue weighted by molar-refractivity contribution is -0.121. The van der Waals surface area contributed by atoms with Crippen LogP contribution in [0.25, 0.3) is 0 Å². The predicted octanol–water partition coefficient (Wildman–Crippen LogP) is 2.38. The molecular weight excluding hydrogens is 347 g/mol. The van der Waals surface area contributed by atoms with Crippen molar-refractivity contribution in [2.75, 3.05) is 5.75 Å². The van der Waals surface area contributed by atoms with E-state index in [4.69, 9.17) is 0 Å². The topological polar surface area (TPSA) is 75.3 Å². The summed E-state index contributed by atoms with van der Waals surface area (Å²) in [5, 5.41) is 1.63. The fraction of sp³-hybridized carbons (Fsp3) is 0.154. The number of carbonyl (C=O) groups is 1. The van der Waals surface area contributed by atoms with Crippen LogP contribution in [0.3, 0.4) is 0 Å². The van der Waals surface area contributed by atoms with E-state index in [-0.39, 0.29) is 16.4 Å². The Kier molecular flexibility index (Phi) is 5.95. The summed E-state index contributed by atoms with van der Waals surface area (Å²) in [5.41, 5.74) is 2.16. The zero-order valence-electron chi connectivity index (χ0n) is 11.3. The molecule has 22 heavy (non-hydrogen) atoms. The van der Waals surface area contributed by atoms with Crippen molar-refractivity contribution in [3.8, 4) is 0 Å². The minimum absolute atomic E-state index is 0.133. The lowest BCUT2D eigenvalue weighted by Gasteiger charge is -2.07. The van der Waals surface area contributed by atoms with Gasteiger partial charge in [-0.2, -0.15) is 0 Å². The van der Waals surface area contributed by atoms with Gasteiger partial charge in [0.15, 0.2) is 0 Å². The molecule has 0 atom stereocenters. The molecule has 5 nitrogen and oxygen atoms in total. The van der Waals surface area contributed by atoms with Gasteiger partial charge in [0.1, 0.15) is 10.0 Å². The quantitative estimate of drug-likeness (QED) is 0.587. The number of hydrazine groups is 1. The molecule has 0 saturated heterocycles. The zero-order chi connectivity index (χ0) is 16.0. The van der Waals surface area contributed by atoms with Gasteiger partial charge in [0.2, 0.25) is 5.91 Å². The molecule has 118 valence electrons. The highest BCUT2D eigenvalue weighted by Crippen LogP contribution is 2.18. The van der Waals surface area contributed by atoms with Gasteiger partial charge >= 0.3 is 0 Å². The molecule has 0 saturated carbocycles. The highest BCUT2D eigenvalue weighted by atomic mass is 32.2. The number of sulfonamides is 1. The SMILES string of the molecule is O=C(CCSc1ccc(F)cc1)NNS(=O)(=O)c1cccs1. The molecule has 1 amide bonds. The van der Waals surface area contributed by atoms with Crippen LogP contribution in [0.15, 0.2) is 50.9 Å². The summed E-state index contributed by atoms with van der Waals surface area (Å²) < 4.78 is 36.4. The standard InChI is InChI=1S/C13H13FN2O3S3/c14-10-3-5-11(6-4-10)20-9-7-12(17)15-16-22(18,19)13-2-1-8-21-13/h1-6,8,16H,7,9H2,(H,15,17). The van der Waals surface area contributed by atoms with Crippen molar-refractivity contribution in [3.63, 3.8) is 0 Å². The summed E-state index contributed by atoms with van der Waals surface area (Å²) in [7, 11) is -3.71. The van der Waals surface area contributed by atoms with Gasteiger partial charge in [-0.1, -0.05) is 6.07 Å². The molecule has 2 N–H and O–H groups in total. The highest BCUT2D eigenvalue weighted by Gasteiger charge is 2.15. The summed E-state index contributed by atoms with van der Waals surface area (Å²) >= 11 is 2.45. The van der Waals surface area contributed by atoms with Crippen molar-refractivity contribution >= 4 is 39.0 Å². The van der Waals surface area contributed by atoms with Gasteiger partial charge in [0.25, 0.3) is 10.0 Å². The second-order valence-corrected chi connectivity index (χ2v) is 8.16. The smallest absolute Gasteiger partial charge is 0.266 e. The maximum atomic E-state index is 12.7. The van der Waals surface area contributed by atoms with Crippen molar-refractivity contribution in [2.45, 2.75) is 15.5 Å². The Hall–Kier alpha value is -1.42. The molecule has 9 heteroatoms. The number of carbonyl (C=O) groups excluding carboxylic acids is 1. The lowest BCUT2D eigenvalue weighted by Crippen LogP contribution is -2.41. The molecule has 1 aromatic heterocycles. The minimum atomic E-state index is -3.71. The van der Waals surface area contributed by atoms with Gasteiger partial charge in [-0.05, 0) is 35.7 Å². The average molecular weight is 360 g/mol. The molecule has 0 unspecified atom stereocenters. The van der Waals surface area contributed by atoms with E-state index in [1.165, 1.54) is 30.0 Å². The monoisotopic (exact) mass is 360 g/mol. The van der Waals surface area contributed by atoms with Gasteiger partial charge in [0, 0.05) is 17.1 Å². The molecule has 0 bridgehead atoms. The van der Waals surface area contributed by atoms with Gasteiger partial charge in [-0.25, -0.2) is 12.8 Å². The summed E-state index contributed by atoms with van der Waals surface area (Å²) in [6.45, 7) is 0. The van der Waals surface area contributed by atoms with Crippen LogP contribution < -0.4 is 10.3 Å². The minimum Gasteiger partial charge on any atom is -0.278 e. The van der Waals surface area contributed by atoms with Gasteiger partial charge < -0.3 is 0 Å². The Labute approximate surface area is 136 Å². The number of amides is 1. The van der Waals surface area contributed by atoms with E-state index in [2.05, 4.69) is 5.43 Å². The van der Waals surface area contributed by atoms with Gasteiger partial charge in [-0.3, -0.25) is 10.2 Å². The van der Waals surface area contributed by atoms with Crippen LogP contribution in [0.1, 0.15) is 6.42 Å². The van der Waals surface area contributed by atoms with Crippen LogP contribution in [0.2, 0.25) is 0 Å². The number of thiophene rings is 1. The molecule has 2 aromatic rings. The zero-order valence-corrected chi connectivity index (χ0v) is 13.7. The van der Waals surface area contributed by atoms with Crippen LogP contribution in [-0.4, -0.2) is 20.1 Å². The first-order valence-electron chi connectivity index (χ1n) is 6.20. The molecule has 0 aliphatic carbocycles. The van der Waals surface area contributed by atoms with Crippen molar-refractivity contribution in [2.24, 2.45) is 0 Å². The number of hydrogen-bond donors (Lipinski definition) is 2. The maximum absolute atomic E-state index is 12.7. The van der Waals surface area contributed by atoms with Crippen LogP contribution >= 0.6 is 23.1 Å². The first-order chi connectivity index (χ1) is 10.5. The summed E-state index contributed by atoms with van der Waals surface area (Å²) in [5.74, 6) is -0.294. The first kappa shape index (κ1) is 16.9. The molecular formula is C13H13FN2O3S3. The third-order valence-corrected chi connectivity index (χ3v) is 6.16. The molecule has 0 spiro atoms. The maximum Gasteiger partial charge on any atom is 0.266 e. The Morgan fingerprint density at radius 1 is 1.23 bits per heavy atom. The van der Waals surface area contributed by atoms with Crippen molar-refractivity contribution in [3.05, 3.63) is 47.6 Å². The van der Waals surface area contributed by atoms with Crippen molar-refractivity contribution in [1.82, 2.24) is 10.3 Å². The van der Waals surface area contributed by atoms with Crippen LogP contribution in [0.5, 0.6) is 0 Å². The van der Waals surface area contributed by atoms with Crippen molar-refractivity contribution in [1.29, 1.82) is 0 Å². The third-order valence-electron chi connectivity index (χ3n) is 2.50.